The van der Waals surface area contributed by atoms with E-state index in [1.807, 2.05) is 26.0 Å². The molecule has 6 heteroatoms. The Morgan fingerprint density at radius 2 is 1.90 bits per heavy atom. The van der Waals surface area contributed by atoms with Crippen molar-refractivity contribution in [3.63, 3.8) is 0 Å². The highest BCUT2D eigenvalue weighted by atomic mass is 32.1. The highest BCUT2D eigenvalue weighted by Crippen LogP contribution is 2.33. The summed E-state index contributed by atoms with van der Waals surface area (Å²) in [5, 5.41) is 17.6. The molecule has 0 amide bonds. The molecule has 0 radical (unpaired) electrons. The van der Waals surface area contributed by atoms with Crippen molar-refractivity contribution in [3.05, 3.63) is 50.2 Å². The van der Waals surface area contributed by atoms with E-state index in [0.717, 1.165) is 11.3 Å². The lowest BCUT2D eigenvalue weighted by molar-refractivity contribution is -0.383. The molecule has 0 fully saturated rings. The van der Waals surface area contributed by atoms with Gasteiger partial charge in [0.15, 0.2) is 0 Å². The van der Waals surface area contributed by atoms with Crippen molar-refractivity contribution < 1.29 is 4.92 Å². The highest BCUT2D eigenvalue weighted by molar-refractivity contribution is 7.11. The smallest absolute Gasteiger partial charge is 0.315 e. The third-order valence-corrected chi connectivity index (χ3v) is 4.03. The zero-order valence-corrected chi connectivity index (χ0v) is 13.0. The van der Waals surface area contributed by atoms with Gasteiger partial charge in [-0.25, -0.2) is 0 Å². The monoisotopic (exact) mass is 305 g/mol. The molecule has 1 aromatic carbocycles. The average Bonchev–Trinajstić information content (AvgIpc) is 2.88. The summed E-state index contributed by atoms with van der Waals surface area (Å²) in [5.74, 6) is 0. The largest absolute Gasteiger partial charge is 0.379 e. The summed E-state index contributed by atoms with van der Waals surface area (Å²) in [7, 11) is 0. The number of para-hydroxylation sites is 1. The maximum absolute atomic E-state index is 11.3. The molecular formula is C15H19N3O2S. The van der Waals surface area contributed by atoms with Gasteiger partial charge in [-0.15, -0.1) is 11.3 Å². The van der Waals surface area contributed by atoms with Gasteiger partial charge in [-0.2, -0.15) is 0 Å². The number of anilines is 2. The van der Waals surface area contributed by atoms with Gasteiger partial charge >= 0.3 is 5.69 Å². The summed E-state index contributed by atoms with van der Waals surface area (Å²) in [6.07, 6.45) is 0.920. The maximum Gasteiger partial charge on any atom is 0.315 e. The Kier molecular flexibility index (Phi) is 5.16. The normalized spacial score (nSPS) is 10.4. The lowest BCUT2D eigenvalue weighted by atomic mass is 10.2. The molecule has 2 aromatic rings. The first kappa shape index (κ1) is 15.3. The Hall–Kier alpha value is -2.08. The summed E-state index contributed by atoms with van der Waals surface area (Å²) in [6, 6.07) is 9.41. The second kappa shape index (κ2) is 7.08. The van der Waals surface area contributed by atoms with E-state index in [4.69, 9.17) is 0 Å². The predicted octanol–water partition coefficient (Wildman–Crippen LogP) is 4.40. The molecular weight excluding hydrogens is 286 g/mol. The summed E-state index contributed by atoms with van der Waals surface area (Å²) in [5.41, 5.74) is 1.22. The molecule has 5 nitrogen and oxygen atoms in total. The molecule has 21 heavy (non-hydrogen) atoms. The van der Waals surface area contributed by atoms with Crippen molar-refractivity contribution >= 4 is 28.4 Å². The number of nitrogens with zero attached hydrogens (tertiary/aromatic N) is 1. The van der Waals surface area contributed by atoms with E-state index in [0.29, 0.717) is 24.5 Å². The molecule has 0 saturated carbocycles. The van der Waals surface area contributed by atoms with Crippen molar-refractivity contribution in [3.8, 4) is 0 Å². The second-order valence-corrected chi connectivity index (χ2v) is 6.12. The minimum Gasteiger partial charge on any atom is -0.379 e. The van der Waals surface area contributed by atoms with Gasteiger partial charge in [-0.05, 0) is 37.6 Å². The molecule has 0 atom stereocenters. The van der Waals surface area contributed by atoms with Gasteiger partial charge in [0.1, 0.15) is 11.4 Å². The number of thiophene rings is 1. The van der Waals surface area contributed by atoms with E-state index < -0.39 is 0 Å². The van der Waals surface area contributed by atoms with Crippen molar-refractivity contribution in [1.29, 1.82) is 0 Å². The van der Waals surface area contributed by atoms with Crippen molar-refractivity contribution in [2.24, 2.45) is 0 Å². The van der Waals surface area contributed by atoms with Crippen LogP contribution in [0.3, 0.4) is 0 Å². The first-order chi connectivity index (χ1) is 10.1. The Morgan fingerprint density at radius 3 is 2.48 bits per heavy atom. The van der Waals surface area contributed by atoms with Crippen LogP contribution in [0.25, 0.3) is 0 Å². The summed E-state index contributed by atoms with van der Waals surface area (Å²) in [4.78, 5) is 13.4. The van der Waals surface area contributed by atoms with Crippen LogP contribution in [0, 0.1) is 17.0 Å². The molecule has 1 aromatic heterocycles. The Bertz CT molecular complexity index is 625. The van der Waals surface area contributed by atoms with Crippen LogP contribution in [0.2, 0.25) is 0 Å². The van der Waals surface area contributed by atoms with Gasteiger partial charge in [0.25, 0.3) is 0 Å². The van der Waals surface area contributed by atoms with Gasteiger partial charge in [0.2, 0.25) is 0 Å². The first-order valence-corrected chi connectivity index (χ1v) is 7.74. The molecule has 0 unspecified atom stereocenters. The Morgan fingerprint density at radius 1 is 1.19 bits per heavy atom. The van der Waals surface area contributed by atoms with Crippen LogP contribution in [-0.2, 0) is 6.54 Å². The zero-order valence-electron chi connectivity index (χ0n) is 12.2. The molecule has 0 saturated heterocycles. The minimum absolute atomic E-state index is 0.110. The fourth-order valence-electron chi connectivity index (χ4n) is 2.05. The van der Waals surface area contributed by atoms with Crippen LogP contribution in [0.15, 0.2) is 30.3 Å². The Labute approximate surface area is 128 Å². The average molecular weight is 305 g/mol. The fourth-order valence-corrected chi connectivity index (χ4v) is 2.88. The molecule has 2 N–H and O–H groups in total. The summed E-state index contributed by atoms with van der Waals surface area (Å²) >= 11 is 1.69. The van der Waals surface area contributed by atoms with E-state index in [1.165, 1.54) is 4.88 Å². The number of benzene rings is 1. The predicted molar refractivity (Wildman–Crippen MR) is 88.3 cm³/mol. The van der Waals surface area contributed by atoms with E-state index in [-0.39, 0.29) is 10.6 Å². The van der Waals surface area contributed by atoms with Crippen LogP contribution >= 0.6 is 11.3 Å². The topological polar surface area (TPSA) is 67.2 Å². The first-order valence-electron chi connectivity index (χ1n) is 6.92. The van der Waals surface area contributed by atoms with E-state index in [1.54, 1.807) is 23.5 Å². The second-order valence-electron chi connectivity index (χ2n) is 4.75. The number of aryl methyl sites for hydroxylation is 1. The lowest BCUT2D eigenvalue weighted by Crippen LogP contribution is -2.06. The van der Waals surface area contributed by atoms with E-state index in [2.05, 4.69) is 16.7 Å². The van der Waals surface area contributed by atoms with Crippen molar-refractivity contribution in [1.82, 2.24) is 0 Å². The van der Waals surface area contributed by atoms with Crippen LogP contribution < -0.4 is 10.6 Å². The molecule has 0 bridgehead atoms. The minimum atomic E-state index is -0.333. The molecule has 0 aliphatic heterocycles. The molecule has 112 valence electrons. The van der Waals surface area contributed by atoms with Crippen LogP contribution in [0.5, 0.6) is 0 Å². The zero-order chi connectivity index (χ0) is 15.2. The van der Waals surface area contributed by atoms with Crippen LogP contribution in [0.1, 0.15) is 23.1 Å². The quantitative estimate of drug-likeness (QED) is 0.588. The van der Waals surface area contributed by atoms with Crippen molar-refractivity contribution in [2.45, 2.75) is 26.8 Å². The summed E-state index contributed by atoms with van der Waals surface area (Å²) < 4.78 is 0. The third kappa shape index (κ3) is 3.95. The molecule has 1 heterocycles. The van der Waals surface area contributed by atoms with Gasteiger partial charge in [-0.3, -0.25) is 10.1 Å². The van der Waals surface area contributed by atoms with Gasteiger partial charge < -0.3 is 10.6 Å². The number of rotatable bonds is 7. The number of nitro benzene ring substituents is 1. The third-order valence-electron chi connectivity index (χ3n) is 3.03. The van der Waals surface area contributed by atoms with Crippen LogP contribution in [0.4, 0.5) is 17.1 Å². The molecule has 0 spiro atoms. The molecule has 0 aliphatic rings. The summed E-state index contributed by atoms with van der Waals surface area (Å²) in [6.45, 7) is 5.39. The number of nitro groups is 1. The highest BCUT2D eigenvalue weighted by Gasteiger charge is 2.19. The molecule has 0 aliphatic carbocycles. The van der Waals surface area contributed by atoms with E-state index in [9.17, 15) is 10.1 Å². The molecule has 2 rings (SSSR count). The van der Waals surface area contributed by atoms with Gasteiger partial charge in [-0.1, -0.05) is 13.0 Å². The Balaban J connectivity index is 2.19. The number of hydrogen-bond acceptors (Lipinski definition) is 5. The fraction of sp³-hybridized carbons (Fsp3) is 0.333. The standard InChI is InChI=1S/C15H19N3O2S/c1-3-9-16-13-5-4-6-14(15(13)18(19)20)17-10-12-8-7-11(2)21-12/h4-8,16-17H,3,9-10H2,1-2H3. The SMILES string of the molecule is CCCNc1cccc(NCc2ccc(C)s2)c1[N+](=O)[O-]. The van der Waals surface area contributed by atoms with Gasteiger partial charge in [0.05, 0.1) is 4.92 Å². The van der Waals surface area contributed by atoms with Crippen LogP contribution in [-0.4, -0.2) is 11.5 Å². The lowest BCUT2D eigenvalue weighted by Gasteiger charge is -2.10. The van der Waals surface area contributed by atoms with Crippen molar-refractivity contribution in [2.75, 3.05) is 17.2 Å². The maximum atomic E-state index is 11.3. The van der Waals surface area contributed by atoms with E-state index >= 15 is 0 Å². The van der Waals surface area contributed by atoms with Gasteiger partial charge in [0, 0.05) is 22.8 Å². The number of hydrogen-bond donors (Lipinski definition) is 2. The number of nitrogens with one attached hydrogen (secondary N) is 2.